The zero-order valence-electron chi connectivity index (χ0n) is 17.8. The Balaban J connectivity index is 2.84. The Morgan fingerprint density at radius 2 is 1.46 bits per heavy atom. The first-order valence-corrected chi connectivity index (χ1v) is 9.26. The number of guanidine groups is 1. The molecule has 0 aromatic carbocycles. The lowest BCUT2D eigenvalue weighted by Gasteiger charge is -2.45. The molecule has 2 amide bonds. The quantitative estimate of drug-likeness (QED) is 0.567. The van der Waals surface area contributed by atoms with Gasteiger partial charge >= 0.3 is 0 Å². The normalized spacial score (nSPS) is 19.6. The van der Waals surface area contributed by atoms with E-state index in [1.54, 1.807) is 28.2 Å². The van der Waals surface area contributed by atoms with Crippen LogP contribution in [0.3, 0.4) is 0 Å². The van der Waals surface area contributed by atoms with E-state index in [0.29, 0.717) is 5.96 Å². The van der Waals surface area contributed by atoms with Crippen LogP contribution in [0.1, 0.15) is 47.0 Å². The third-order valence-electron chi connectivity index (χ3n) is 4.67. The number of amides is 2. The second-order valence-electron chi connectivity index (χ2n) is 9.35. The molecule has 0 unspecified atom stereocenters. The van der Waals surface area contributed by atoms with Crippen molar-refractivity contribution in [2.75, 3.05) is 41.3 Å². The van der Waals surface area contributed by atoms with Crippen LogP contribution in [-0.2, 0) is 9.59 Å². The minimum atomic E-state index is -0.0747. The van der Waals surface area contributed by atoms with Gasteiger partial charge in [0.05, 0.1) is 6.54 Å². The minimum Gasteiger partial charge on any atom is -0.354 e. The Bertz CT molecular complexity index is 522. The Hall–Kier alpha value is -1.79. The highest BCUT2D eigenvalue weighted by molar-refractivity contribution is 5.88. The smallest absolute Gasteiger partial charge is 0.243 e. The Morgan fingerprint density at radius 1 is 0.962 bits per heavy atom. The maximum atomic E-state index is 11.9. The largest absolute Gasteiger partial charge is 0.354 e. The lowest BCUT2D eigenvalue weighted by molar-refractivity contribution is -0.127. The van der Waals surface area contributed by atoms with Gasteiger partial charge in [-0.1, -0.05) is 27.7 Å². The fourth-order valence-corrected chi connectivity index (χ4v) is 3.90. The van der Waals surface area contributed by atoms with Crippen LogP contribution in [0.25, 0.3) is 0 Å². The molecule has 26 heavy (non-hydrogen) atoms. The van der Waals surface area contributed by atoms with E-state index < -0.39 is 0 Å². The lowest BCUT2D eigenvalue weighted by Crippen LogP contribution is -2.51. The zero-order chi connectivity index (χ0) is 20.1. The number of aliphatic imine (C=N–C) groups is 1. The van der Waals surface area contributed by atoms with Gasteiger partial charge in [0.25, 0.3) is 0 Å². The van der Waals surface area contributed by atoms with Gasteiger partial charge < -0.3 is 20.4 Å². The van der Waals surface area contributed by atoms with E-state index >= 15 is 0 Å². The van der Waals surface area contributed by atoms with Crippen molar-refractivity contribution in [2.24, 2.45) is 15.8 Å². The van der Waals surface area contributed by atoms with Crippen LogP contribution in [0.5, 0.6) is 0 Å². The summed E-state index contributed by atoms with van der Waals surface area (Å²) in [5, 5.41) is 6.53. The van der Waals surface area contributed by atoms with E-state index in [0.717, 1.165) is 12.8 Å². The first kappa shape index (κ1) is 22.3. The molecular weight excluding hydrogens is 330 g/mol. The highest BCUT2D eigenvalue weighted by Gasteiger charge is 2.38. The molecule has 7 nitrogen and oxygen atoms in total. The van der Waals surface area contributed by atoms with Gasteiger partial charge in [-0.15, -0.1) is 0 Å². The molecule has 0 aliphatic heterocycles. The number of carbonyl (C=O) groups excluding carboxylic acids is 2. The summed E-state index contributed by atoms with van der Waals surface area (Å²) < 4.78 is 0. The molecule has 1 rings (SSSR count). The van der Waals surface area contributed by atoms with Crippen LogP contribution in [-0.4, -0.2) is 74.9 Å². The maximum absolute atomic E-state index is 11.9. The van der Waals surface area contributed by atoms with Crippen molar-refractivity contribution in [2.45, 2.75) is 53.0 Å². The first-order chi connectivity index (χ1) is 11.8. The van der Waals surface area contributed by atoms with E-state index in [4.69, 9.17) is 0 Å². The standard InChI is InChI=1S/C19H37N5O2/c1-18(2)9-14(10-19(3,4)13-18)22-17(20-11-15(25)23(5)6)21-12-16(26)24(7)8/h14H,9-13H2,1-8H3,(H2,20,21,22). The SMILES string of the molecule is CN(C)C(=O)CN=C(NCC(=O)N(C)C)NC1CC(C)(C)CC(C)(C)C1. The predicted octanol–water partition coefficient (Wildman–Crippen LogP) is 1.30. The van der Waals surface area contributed by atoms with Crippen molar-refractivity contribution in [3.05, 3.63) is 0 Å². The second kappa shape index (κ2) is 8.73. The molecule has 0 heterocycles. The van der Waals surface area contributed by atoms with E-state index in [1.165, 1.54) is 16.2 Å². The lowest BCUT2D eigenvalue weighted by atomic mass is 9.63. The van der Waals surface area contributed by atoms with E-state index in [-0.39, 0.29) is 41.8 Å². The van der Waals surface area contributed by atoms with Gasteiger partial charge in [0, 0.05) is 34.2 Å². The number of hydrogen-bond acceptors (Lipinski definition) is 3. The van der Waals surface area contributed by atoms with Crippen LogP contribution < -0.4 is 10.6 Å². The number of likely N-dealkylation sites (N-methyl/N-ethyl adjacent to an activating group) is 2. The van der Waals surface area contributed by atoms with Crippen molar-refractivity contribution in [3.63, 3.8) is 0 Å². The van der Waals surface area contributed by atoms with Crippen molar-refractivity contribution in [1.82, 2.24) is 20.4 Å². The number of hydrogen-bond donors (Lipinski definition) is 2. The van der Waals surface area contributed by atoms with Crippen molar-refractivity contribution in [1.29, 1.82) is 0 Å². The fraction of sp³-hybridized carbons (Fsp3) is 0.842. The monoisotopic (exact) mass is 367 g/mol. The summed E-state index contributed by atoms with van der Waals surface area (Å²) in [5.41, 5.74) is 0.479. The van der Waals surface area contributed by atoms with Crippen molar-refractivity contribution < 1.29 is 9.59 Å². The summed E-state index contributed by atoms with van der Waals surface area (Å²) in [6.45, 7) is 9.36. The Morgan fingerprint density at radius 3 is 1.92 bits per heavy atom. The molecule has 0 spiro atoms. The molecule has 2 N–H and O–H groups in total. The molecule has 1 saturated carbocycles. The Kier molecular flexibility index (Phi) is 7.47. The third kappa shape index (κ3) is 7.62. The molecule has 1 aliphatic carbocycles. The molecule has 0 radical (unpaired) electrons. The zero-order valence-corrected chi connectivity index (χ0v) is 17.8. The van der Waals surface area contributed by atoms with E-state index in [9.17, 15) is 9.59 Å². The van der Waals surface area contributed by atoms with Gasteiger partial charge in [-0.05, 0) is 30.1 Å². The number of rotatable bonds is 5. The van der Waals surface area contributed by atoms with Gasteiger partial charge in [-0.3, -0.25) is 9.59 Å². The molecule has 1 aliphatic rings. The molecule has 1 fully saturated rings. The van der Waals surface area contributed by atoms with Gasteiger partial charge in [-0.2, -0.15) is 0 Å². The fourth-order valence-electron chi connectivity index (χ4n) is 3.90. The van der Waals surface area contributed by atoms with Crippen LogP contribution in [0.2, 0.25) is 0 Å². The molecule has 0 aromatic rings. The Labute approximate surface area is 158 Å². The third-order valence-corrected chi connectivity index (χ3v) is 4.67. The summed E-state index contributed by atoms with van der Waals surface area (Å²) in [7, 11) is 6.85. The highest BCUT2D eigenvalue weighted by Crippen LogP contribution is 2.45. The number of carbonyl (C=O) groups is 2. The van der Waals surface area contributed by atoms with Crippen LogP contribution in [0.15, 0.2) is 4.99 Å². The number of nitrogens with one attached hydrogen (secondary N) is 2. The summed E-state index contributed by atoms with van der Waals surface area (Å²) in [6, 6.07) is 0.254. The number of nitrogens with zero attached hydrogens (tertiary/aromatic N) is 3. The summed E-state index contributed by atoms with van der Waals surface area (Å²) >= 11 is 0. The van der Waals surface area contributed by atoms with E-state index in [2.05, 4.69) is 43.3 Å². The minimum absolute atomic E-state index is 0.0391. The molecule has 150 valence electrons. The van der Waals surface area contributed by atoms with Gasteiger partial charge in [0.1, 0.15) is 6.54 Å². The highest BCUT2D eigenvalue weighted by atomic mass is 16.2. The average Bonchev–Trinajstić information content (AvgIpc) is 2.45. The predicted molar refractivity (Wildman–Crippen MR) is 106 cm³/mol. The molecule has 0 bridgehead atoms. The maximum Gasteiger partial charge on any atom is 0.243 e. The van der Waals surface area contributed by atoms with Gasteiger partial charge in [0.15, 0.2) is 5.96 Å². The summed E-state index contributed by atoms with van der Waals surface area (Å²) in [4.78, 5) is 31.2. The van der Waals surface area contributed by atoms with Crippen LogP contribution in [0, 0.1) is 10.8 Å². The molecule has 0 aromatic heterocycles. The van der Waals surface area contributed by atoms with Crippen molar-refractivity contribution in [3.8, 4) is 0 Å². The van der Waals surface area contributed by atoms with Crippen LogP contribution in [0.4, 0.5) is 0 Å². The summed E-state index contributed by atoms with van der Waals surface area (Å²) in [6.07, 6.45) is 3.23. The molecule has 0 atom stereocenters. The first-order valence-electron chi connectivity index (χ1n) is 9.26. The van der Waals surface area contributed by atoms with Gasteiger partial charge in [-0.25, -0.2) is 4.99 Å². The molecule has 0 saturated heterocycles. The molecular formula is C19H37N5O2. The summed E-state index contributed by atoms with van der Waals surface area (Å²) in [5.74, 6) is 0.408. The second-order valence-corrected chi connectivity index (χ2v) is 9.35. The van der Waals surface area contributed by atoms with Crippen LogP contribution >= 0.6 is 0 Å². The molecule has 7 heteroatoms. The van der Waals surface area contributed by atoms with Gasteiger partial charge in [0.2, 0.25) is 11.8 Å². The van der Waals surface area contributed by atoms with Crippen molar-refractivity contribution >= 4 is 17.8 Å². The average molecular weight is 368 g/mol. The topological polar surface area (TPSA) is 77.0 Å². The van der Waals surface area contributed by atoms with E-state index in [1.807, 2.05) is 0 Å².